The molecule has 396 valence electrons. The van der Waals surface area contributed by atoms with Gasteiger partial charge in [-0.05, 0) is 128 Å². The Morgan fingerprint density at radius 3 is 1.21 bits per heavy atom. The Kier molecular flexibility index (Phi) is 14.7. The van der Waals surface area contributed by atoms with Gasteiger partial charge >= 0.3 is 0 Å². The van der Waals surface area contributed by atoms with Crippen molar-refractivity contribution >= 4 is 122 Å². The van der Waals surface area contributed by atoms with Gasteiger partial charge in [0.2, 0.25) is 0 Å². The first-order valence-corrected chi connectivity index (χ1v) is 26.6. The number of hydrogen-bond donors (Lipinski definition) is 6. The number of carbonyl (C=O) groups is 6. The average molecular weight is 1160 g/mol. The van der Waals surface area contributed by atoms with Gasteiger partial charge in [0.25, 0.3) is 17.7 Å². The predicted octanol–water partition coefficient (Wildman–Crippen LogP) is 13.1. The molecular weight excluding hydrogens is 1120 g/mol. The van der Waals surface area contributed by atoms with E-state index >= 15 is 0 Å². The van der Waals surface area contributed by atoms with Crippen molar-refractivity contribution in [1.82, 2.24) is 0 Å². The van der Waals surface area contributed by atoms with Crippen LogP contribution in [0.2, 0.25) is 30.1 Å². The van der Waals surface area contributed by atoms with Crippen LogP contribution < -0.4 is 16.0 Å². The van der Waals surface area contributed by atoms with E-state index in [4.69, 9.17) is 69.6 Å². The highest BCUT2D eigenvalue weighted by molar-refractivity contribution is 6.40. The van der Waals surface area contributed by atoms with Crippen molar-refractivity contribution in [1.29, 1.82) is 0 Å². The smallest absolute Gasteiger partial charge is 0.261 e. The molecule has 20 heteroatoms. The third-order valence-corrected chi connectivity index (χ3v) is 16.5. The summed E-state index contributed by atoms with van der Waals surface area (Å²) in [6, 6.07) is 25.0. The Hall–Kier alpha value is -5.78. The fourth-order valence-corrected chi connectivity index (χ4v) is 11.5. The maximum atomic E-state index is 14.4. The number of carbonyl (C=O) groups excluding carboxylic acids is 6. The van der Waals surface area contributed by atoms with Crippen LogP contribution in [0.3, 0.4) is 0 Å². The first-order valence-electron chi connectivity index (χ1n) is 24.4. The fourth-order valence-electron chi connectivity index (χ4n) is 9.94. The second-order valence-corrected chi connectivity index (χ2v) is 22.4. The zero-order chi connectivity index (χ0) is 55.0. The minimum Gasteiger partial charge on any atom is -0.375 e. The molecule has 0 radical (unpaired) electrons. The largest absolute Gasteiger partial charge is 0.375 e. The molecule has 0 saturated heterocycles. The summed E-state index contributed by atoms with van der Waals surface area (Å²) in [5.41, 5.74) is -2.42. The number of fused-ring (bicyclic) bond motifs is 3. The van der Waals surface area contributed by atoms with Crippen LogP contribution in [0.25, 0.3) is 0 Å². The van der Waals surface area contributed by atoms with Crippen molar-refractivity contribution in [3.05, 3.63) is 189 Å². The van der Waals surface area contributed by atoms with Crippen LogP contribution >= 0.6 is 69.6 Å². The molecule has 3 heterocycles. The number of anilines is 3. The Bertz CT molecular complexity index is 3530. The Morgan fingerprint density at radius 1 is 0.442 bits per heavy atom. The van der Waals surface area contributed by atoms with E-state index in [1.54, 1.807) is 24.3 Å². The molecule has 6 aromatic rings. The summed E-state index contributed by atoms with van der Waals surface area (Å²) in [6.45, 7) is 0. The average Bonchev–Trinajstić information content (AvgIpc) is 4.29. The molecule has 3 atom stereocenters. The number of nitrogens with one attached hydrogen (secondary N) is 3. The molecule has 77 heavy (non-hydrogen) atoms. The summed E-state index contributed by atoms with van der Waals surface area (Å²) in [5, 5.41) is 41.2. The number of Topliss-reactive ketones (excluding diaryl/α,β-unsaturated/α-hetero) is 3. The van der Waals surface area contributed by atoms with Gasteiger partial charge in [0, 0.05) is 42.9 Å². The van der Waals surface area contributed by atoms with Gasteiger partial charge in [-0.1, -0.05) is 112 Å². The van der Waals surface area contributed by atoms with Crippen LogP contribution in [0, 0.1) is 11.6 Å². The highest BCUT2D eigenvalue weighted by atomic mass is 35.5. The van der Waals surface area contributed by atoms with Crippen LogP contribution in [-0.4, -0.2) is 50.4 Å². The Labute approximate surface area is 469 Å². The molecule has 6 aliphatic rings. The standard InChI is InChI=1S/2C19H14Cl2FNO3.C19H15Cl2NO3/c20-12-5-6-13(21)17-16(12)19(26,18(25)23-17)8-15(24)10-3-4-11(9-1-2-9)14(22)7-10;20-12-5-6-13(21)17-16(12)19(26,18(25)23-17)8-15(24)11-4-3-10(7-14(11)22)9-1-2-9;20-13-7-8-14(21)17-16(13)19(25,18(24)22-17)9-15(23)12-5-3-11(4-6-12)10-1-2-10/h2*3-7,9,26H,1-2,8H2,(H,23,25);3-8,10,25H,1-2,9H2,(H,22,24). The van der Waals surface area contributed by atoms with Gasteiger partial charge in [-0.3, -0.25) is 28.8 Å². The molecule has 0 aromatic heterocycles. The Morgan fingerprint density at radius 2 is 0.805 bits per heavy atom. The lowest BCUT2D eigenvalue weighted by molar-refractivity contribution is -0.133. The van der Waals surface area contributed by atoms with E-state index in [0.717, 1.165) is 37.3 Å². The third kappa shape index (κ3) is 10.4. The minimum atomic E-state index is -2.20. The number of hydrogen-bond acceptors (Lipinski definition) is 9. The highest BCUT2D eigenvalue weighted by Gasteiger charge is 2.52. The minimum absolute atomic E-state index is 0.0417. The number of benzene rings is 6. The molecule has 3 aliphatic carbocycles. The molecule has 12 nitrogen and oxygen atoms in total. The first kappa shape index (κ1) is 54.6. The highest BCUT2D eigenvalue weighted by Crippen LogP contribution is 2.50. The van der Waals surface area contributed by atoms with Crippen LogP contribution in [-0.2, 0) is 31.2 Å². The van der Waals surface area contributed by atoms with Gasteiger partial charge < -0.3 is 31.3 Å². The van der Waals surface area contributed by atoms with Gasteiger partial charge in [-0.15, -0.1) is 0 Å². The molecule has 3 amide bonds. The molecule has 3 aliphatic heterocycles. The number of ketones is 3. The second kappa shape index (κ2) is 20.8. The van der Waals surface area contributed by atoms with Crippen molar-refractivity contribution < 1.29 is 52.9 Å². The lowest BCUT2D eigenvalue weighted by atomic mass is 9.87. The molecule has 0 spiro atoms. The van der Waals surface area contributed by atoms with E-state index < -0.39 is 77.0 Å². The molecule has 3 saturated carbocycles. The zero-order valence-corrected chi connectivity index (χ0v) is 44.7. The predicted molar refractivity (Wildman–Crippen MR) is 289 cm³/mol. The quantitative estimate of drug-likeness (QED) is 0.0645. The van der Waals surface area contributed by atoms with Crippen molar-refractivity contribution in [2.75, 3.05) is 16.0 Å². The van der Waals surface area contributed by atoms with E-state index in [9.17, 15) is 52.9 Å². The maximum absolute atomic E-state index is 14.4. The SMILES string of the molecule is O=C(CC1(O)C(=O)Nc2c(Cl)ccc(Cl)c21)c1ccc(C2CC2)c(F)c1.O=C(CC1(O)C(=O)Nc2c(Cl)ccc(Cl)c21)c1ccc(C2CC2)cc1.O=C(CC1(O)C(=O)Nc2c(Cl)ccc(Cl)c21)c1ccc(C2CC2)cc1F. The number of halogens is 8. The van der Waals surface area contributed by atoms with Crippen molar-refractivity contribution in [3.63, 3.8) is 0 Å². The lowest BCUT2D eigenvalue weighted by Crippen LogP contribution is -2.36. The number of amides is 3. The van der Waals surface area contributed by atoms with Gasteiger partial charge in [0.15, 0.2) is 34.2 Å². The zero-order valence-electron chi connectivity index (χ0n) is 40.1. The molecule has 0 bridgehead atoms. The van der Waals surface area contributed by atoms with E-state index in [-0.39, 0.29) is 86.7 Å². The van der Waals surface area contributed by atoms with Crippen molar-refractivity contribution in [3.8, 4) is 0 Å². The van der Waals surface area contributed by atoms with E-state index in [1.807, 2.05) is 12.1 Å². The first-order chi connectivity index (χ1) is 36.5. The summed E-state index contributed by atoms with van der Waals surface area (Å²) in [6.07, 6.45) is 4.70. The van der Waals surface area contributed by atoms with Gasteiger partial charge in [0.1, 0.15) is 11.6 Å². The summed E-state index contributed by atoms with van der Waals surface area (Å²) in [4.78, 5) is 74.9. The Balaban J connectivity index is 0.000000131. The van der Waals surface area contributed by atoms with Gasteiger partial charge in [-0.25, -0.2) is 8.78 Å². The normalized spacial score (nSPS) is 21.6. The van der Waals surface area contributed by atoms with Crippen molar-refractivity contribution in [2.45, 2.75) is 92.3 Å². The van der Waals surface area contributed by atoms with Crippen LogP contribution in [0.15, 0.2) is 97.1 Å². The lowest BCUT2D eigenvalue weighted by Gasteiger charge is -2.21. The van der Waals surface area contributed by atoms with Gasteiger partial charge in [-0.2, -0.15) is 0 Å². The summed E-state index contributed by atoms with van der Waals surface area (Å²) >= 11 is 36.6. The summed E-state index contributed by atoms with van der Waals surface area (Å²) in [7, 11) is 0. The third-order valence-electron chi connectivity index (χ3n) is 14.6. The molecule has 6 aromatic carbocycles. The topological polar surface area (TPSA) is 199 Å². The van der Waals surface area contributed by atoms with Gasteiger partial charge in [0.05, 0.1) is 57.0 Å². The van der Waals surface area contributed by atoms with Crippen LogP contribution in [0.1, 0.15) is 140 Å². The van der Waals surface area contributed by atoms with E-state index in [1.165, 1.54) is 73.0 Å². The molecular formula is C57H43Cl6F2N3O9. The number of aliphatic hydroxyl groups is 3. The molecule has 12 rings (SSSR count). The molecule has 3 unspecified atom stereocenters. The molecule has 6 N–H and O–H groups in total. The van der Waals surface area contributed by atoms with Crippen LogP contribution in [0.5, 0.6) is 0 Å². The van der Waals surface area contributed by atoms with E-state index in [2.05, 4.69) is 16.0 Å². The summed E-state index contributed by atoms with van der Waals surface area (Å²) in [5.74, 6) is -3.80. The maximum Gasteiger partial charge on any atom is 0.261 e. The van der Waals surface area contributed by atoms with Crippen LogP contribution in [0.4, 0.5) is 25.8 Å². The fraction of sp³-hybridized carbons (Fsp3) is 0.263. The second-order valence-electron chi connectivity index (χ2n) is 20.0. The monoisotopic (exact) mass is 1160 g/mol. The molecule has 3 fully saturated rings. The number of rotatable bonds is 12. The van der Waals surface area contributed by atoms with Crippen molar-refractivity contribution in [2.24, 2.45) is 0 Å². The summed E-state index contributed by atoms with van der Waals surface area (Å²) < 4.78 is 28.6. The van der Waals surface area contributed by atoms with E-state index in [0.29, 0.717) is 23.0 Å².